The SMILES string of the molecule is CNc1cc(NCCc2cscn2)cc([N+](=O)[O-])c1. The fourth-order valence-electron chi connectivity index (χ4n) is 1.66. The Morgan fingerprint density at radius 3 is 2.79 bits per heavy atom. The maximum absolute atomic E-state index is 10.8. The van der Waals surface area contributed by atoms with Crippen LogP contribution < -0.4 is 10.6 Å². The molecule has 0 radical (unpaired) electrons. The van der Waals surface area contributed by atoms with Crippen LogP contribution in [0.5, 0.6) is 0 Å². The van der Waals surface area contributed by atoms with Gasteiger partial charge in [-0.15, -0.1) is 11.3 Å². The Balaban J connectivity index is 2.02. The Morgan fingerprint density at radius 1 is 1.37 bits per heavy atom. The number of nitrogens with one attached hydrogen (secondary N) is 2. The minimum absolute atomic E-state index is 0.0722. The van der Waals surface area contributed by atoms with Crippen LogP contribution >= 0.6 is 11.3 Å². The molecule has 0 saturated heterocycles. The van der Waals surface area contributed by atoms with Gasteiger partial charge in [-0.3, -0.25) is 10.1 Å². The summed E-state index contributed by atoms with van der Waals surface area (Å²) in [6.45, 7) is 0.689. The van der Waals surface area contributed by atoms with Gasteiger partial charge in [0, 0.05) is 48.9 Å². The molecular weight excluding hydrogens is 264 g/mol. The molecule has 2 aromatic rings. The number of nitro groups is 1. The van der Waals surface area contributed by atoms with Crippen molar-refractivity contribution in [3.63, 3.8) is 0 Å². The smallest absolute Gasteiger partial charge is 0.273 e. The van der Waals surface area contributed by atoms with E-state index in [0.717, 1.165) is 17.8 Å². The van der Waals surface area contributed by atoms with E-state index >= 15 is 0 Å². The van der Waals surface area contributed by atoms with Gasteiger partial charge in [0.05, 0.1) is 16.1 Å². The number of nitro benzene ring substituents is 1. The summed E-state index contributed by atoms with van der Waals surface area (Å²) in [5, 5.41) is 18.9. The van der Waals surface area contributed by atoms with E-state index in [2.05, 4.69) is 15.6 Å². The predicted molar refractivity (Wildman–Crippen MR) is 77.0 cm³/mol. The van der Waals surface area contributed by atoms with Gasteiger partial charge < -0.3 is 10.6 Å². The van der Waals surface area contributed by atoms with E-state index in [-0.39, 0.29) is 5.69 Å². The molecule has 0 bridgehead atoms. The first-order chi connectivity index (χ1) is 9.19. The van der Waals surface area contributed by atoms with Crippen LogP contribution in [0.25, 0.3) is 0 Å². The highest BCUT2D eigenvalue weighted by Gasteiger charge is 2.09. The molecule has 0 fully saturated rings. The average Bonchev–Trinajstić information content (AvgIpc) is 2.91. The molecule has 0 aliphatic heterocycles. The van der Waals surface area contributed by atoms with Crippen molar-refractivity contribution in [1.82, 2.24) is 4.98 Å². The van der Waals surface area contributed by atoms with Crippen LogP contribution in [0.4, 0.5) is 17.1 Å². The first-order valence-electron chi connectivity index (χ1n) is 5.77. The second-order valence-corrected chi connectivity index (χ2v) is 4.65. The first kappa shape index (κ1) is 13.3. The maximum atomic E-state index is 10.8. The quantitative estimate of drug-likeness (QED) is 0.627. The van der Waals surface area contributed by atoms with Crippen molar-refractivity contribution < 1.29 is 4.92 Å². The molecule has 7 heteroatoms. The third-order valence-electron chi connectivity index (χ3n) is 2.61. The number of aromatic nitrogens is 1. The molecule has 1 heterocycles. The Morgan fingerprint density at radius 2 is 2.16 bits per heavy atom. The predicted octanol–water partition coefficient (Wildman–Crippen LogP) is 2.75. The summed E-state index contributed by atoms with van der Waals surface area (Å²) in [6, 6.07) is 4.88. The van der Waals surface area contributed by atoms with Crippen LogP contribution in [0.3, 0.4) is 0 Å². The van der Waals surface area contributed by atoms with Gasteiger partial charge in [0.15, 0.2) is 0 Å². The Bertz CT molecular complexity index is 557. The summed E-state index contributed by atoms with van der Waals surface area (Å²) in [5.41, 5.74) is 4.33. The molecule has 1 aromatic heterocycles. The van der Waals surface area contributed by atoms with E-state index in [1.54, 1.807) is 23.9 Å². The molecule has 0 spiro atoms. The molecule has 0 saturated carbocycles. The Hall–Kier alpha value is -2.15. The van der Waals surface area contributed by atoms with E-state index in [1.807, 2.05) is 11.4 Å². The lowest BCUT2D eigenvalue weighted by molar-refractivity contribution is -0.384. The van der Waals surface area contributed by atoms with Crippen molar-refractivity contribution in [2.75, 3.05) is 24.2 Å². The number of thiazole rings is 1. The molecule has 0 atom stereocenters. The summed E-state index contributed by atoms with van der Waals surface area (Å²) >= 11 is 1.56. The van der Waals surface area contributed by atoms with Crippen LogP contribution in [-0.4, -0.2) is 23.5 Å². The standard InChI is InChI=1S/C12H14N4O2S/c1-13-10-4-11(6-12(5-10)16(17)18)14-3-2-9-7-19-8-15-9/h4-8,13-14H,2-3H2,1H3. The summed E-state index contributed by atoms with van der Waals surface area (Å²) in [6.07, 6.45) is 0.793. The lowest BCUT2D eigenvalue weighted by Crippen LogP contribution is -2.06. The van der Waals surface area contributed by atoms with E-state index < -0.39 is 4.92 Å². The van der Waals surface area contributed by atoms with Gasteiger partial charge in [0.1, 0.15) is 0 Å². The van der Waals surface area contributed by atoms with E-state index in [9.17, 15) is 10.1 Å². The first-order valence-corrected chi connectivity index (χ1v) is 6.71. The minimum atomic E-state index is -0.396. The maximum Gasteiger partial charge on any atom is 0.273 e. The van der Waals surface area contributed by atoms with Gasteiger partial charge >= 0.3 is 0 Å². The van der Waals surface area contributed by atoms with Gasteiger partial charge in [0.25, 0.3) is 5.69 Å². The molecule has 0 amide bonds. The zero-order valence-electron chi connectivity index (χ0n) is 10.4. The number of anilines is 2. The Labute approximate surface area is 114 Å². The average molecular weight is 278 g/mol. The van der Waals surface area contributed by atoms with Crippen molar-refractivity contribution in [3.8, 4) is 0 Å². The van der Waals surface area contributed by atoms with Gasteiger partial charge in [-0.1, -0.05) is 0 Å². The van der Waals surface area contributed by atoms with Crippen molar-refractivity contribution in [3.05, 3.63) is 44.9 Å². The molecule has 0 aliphatic rings. The fraction of sp³-hybridized carbons (Fsp3) is 0.250. The molecule has 0 unspecified atom stereocenters. The molecule has 19 heavy (non-hydrogen) atoms. The van der Waals surface area contributed by atoms with Crippen LogP contribution in [0.2, 0.25) is 0 Å². The Kier molecular flexibility index (Phi) is 4.30. The molecule has 2 rings (SSSR count). The van der Waals surface area contributed by atoms with Crippen LogP contribution in [0.1, 0.15) is 5.69 Å². The molecular formula is C12H14N4O2S. The normalized spacial score (nSPS) is 10.2. The number of nitrogens with zero attached hydrogens (tertiary/aromatic N) is 2. The lowest BCUT2D eigenvalue weighted by Gasteiger charge is -2.08. The van der Waals surface area contributed by atoms with Crippen molar-refractivity contribution in [1.29, 1.82) is 0 Å². The van der Waals surface area contributed by atoms with Crippen LogP contribution in [0.15, 0.2) is 29.1 Å². The van der Waals surface area contributed by atoms with Gasteiger partial charge in [-0.2, -0.15) is 0 Å². The largest absolute Gasteiger partial charge is 0.388 e. The van der Waals surface area contributed by atoms with Crippen molar-refractivity contribution >= 4 is 28.4 Å². The van der Waals surface area contributed by atoms with Gasteiger partial charge in [0.2, 0.25) is 0 Å². The summed E-state index contributed by atoms with van der Waals surface area (Å²) in [5.74, 6) is 0. The van der Waals surface area contributed by atoms with E-state index in [0.29, 0.717) is 12.2 Å². The van der Waals surface area contributed by atoms with Gasteiger partial charge in [-0.25, -0.2) is 4.98 Å². The monoisotopic (exact) mass is 278 g/mol. The van der Waals surface area contributed by atoms with Gasteiger partial charge in [-0.05, 0) is 6.07 Å². The fourth-order valence-corrected chi connectivity index (χ4v) is 2.25. The zero-order valence-corrected chi connectivity index (χ0v) is 11.2. The molecule has 1 aromatic carbocycles. The molecule has 100 valence electrons. The highest BCUT2D eigenvalue weighted by Crippen LogP contribution is 2.23. The van der Waals surface area contributed by atoms with Crippen molar-refractivity contribution in [2.45, 2.75) is 6.42 Å². The van der Waals surface area contributed by atoms with E-state index in [1.165, 1.54) is 12.1 Å². The highest BCUT2D eigenvalue weighted by molar-refractivity contribution is 7.07. The summed E-state index contributed by atoms with van der Waals surface area (Å²) < 4.78 is 0. The second kappa shape index (κ2) is 6.14. The third-order valence-corrected chi connectivity index (χ3v) is 3.25. The molecule has 0 aliphatic carbocycles. The molecule has 6 nitrogen and oxygen atoms in total. The minimum Gasteiger partial charge on any atom is -0.388 e. The number of rotatable bonds is 6. The van der Waals surface area contributed by atoms with Crippen LogP contribution in [-0.2, 0) is 6.42 Å². The summed E-state index contributed by atoms with van der Waals surface area (Å²) in [7, 11) is 1.73. The summed E-state index contributed by atoms with van der Waals surface area (Å²) in [4.78, 5) is 14.6. The second-order valence-electron chi connectivity index (χ2n) is 3.93. The van der Waals surface area contributed by atoms with Crippen LogP contribution in [0, 0.1) is 10.1 Å². The number of hydrogen-bond donors (Lipinski definition) is 2. The third kappa shape index (κ3) is 3.65. The number of hydrogen-bond acceptors (Lipinski definition) is 6. The van der Waals surface area contributed by atoms with E-state index in [4.69, 9.17) is 0 Å². The number of benzene rings is 1. The number of non-ortho nitro benzene ring substituents is 1. The molecule has 2 N–H and O–H groups in total. The topological polar surface area (TPSA) is 80.1 Å². The zero-order chi connectivity index (χ0) is 13.7. The highest BCUT2D eigenvalue weighted by atomic mass is 32.1. The van der Waals surface area contributed by atoms with Crippen molar-refractivity contribution in [2.24, 2.45) is 0 Å². The lowest BCUT2D eigenvalue weighted by atomic mass is 10.2.